The highest BCUT2D eigenvalue weighted by Gasteiger charge is 2.28. The van der Waals surface area contributed by atoms with Crippen LogP contribution in [0.5, 0.6) is 0 Å². The molecule has 4 heteroatoms. The van der Waals surface area contributed by atoms with Crippen molar-refractivity contribution in [3.63, 3.8) is 0 Å². The van der Waals surface area contributed by atoms with Crippen molar-refractivity contribution in [1.82, 2.24) is 10.6 Å². The molecule has 86 valence electrons. The summed E-state index contributed by atoms with van der Waals surface area (Å²) in [5.41, 5.74) is -0.374. The molecule has 0 bridgehead atoms. The molecule has 0 aliphatic heterocycles. The standard InChI is InChI=1S/C12H16N2O2/c1-12(2,11(16)13-3)14-10(15)9-7-5-4-6-8-9/h4-8H,1-3H3,(H,13,16)(H,14,15). The van der Waals surface area contributed by atoms with Gasteiger partial charge in [0.25, 0.3) is 5.91 Å². The Balaban J connectivity index is 2.76. The average molecular weight is 220 g/mol. The third kappa shape index (κ3) is 2.82. The Morgan fingerprint density at radius 3 is 2.19 bits per heavy atom. The van der Waals surface area contributed by atoms with E-state index in [9.17, 15) is 9.59 Å². The summed E-state index contributed by atoms with van der Waals surface area (Å²) in [6.07, 6.45) is 0. The number of hydrogen-bond acceptors (Lipinski definition) is 2. The molecule has 0 radical (unpaired) electrons. The number of carbonyl (C=O) groups is 2. The van der Waals surface area contributed by atoms with E-state index in [1.165, 1.54) is 0 Å². The first kappa shape index (κ1) is 12.2. The van der Waals surface area contributed by atoms with E-state index in [0.717, 1.165) is 0 Å². The molecule has 4 nitrogen and oxygen atoms in total. The van der Waals surface area contributed by atoms with Gasteiger partial charge in [-0.1, -0.05) is 18.2 Å². The van der Waals surface area contributed by atoms with Crippen LogP contribution in [0.3, 0.4) is 0 Å². The predicted molar refractivity (Wildman–Crippen MR) is 62.1 cm³/mol. The molecule has 16 heavy (non-hydrogen) atoms. The fourth-order valence-corrected chi connectivity index (χ4v) is 1.31. The highest BCUT2D eigenvalue weighted by molar-refractivity contribution is 5.98. The van der Waals surface area contributed by atoms with E-state index in [1.54, 1.807) is 45.2 Å². The molecule has 0 fully saturated rings. The van der Waals surface area contributed by atoms with Crippen LogP contribution < -0.4 is 10.6 Å². The molecule has 0 aliphatic carbocycles. The molecular weight excluding hydrogens is 204 g/mol. The monoisotopic (exact) mass is 220 g/mol. The smallest absolute Gasteiger partial charge is 0.252 e. The fraction of sp³-hybridized carbons (Fsp3) is 0.333. The molecule has 0 unspecified atom stereocenters. The number of nitrogens with one attached hydrogen (secondary N) is 2. The molecule has 0 saturated carbocycles. The van der Waals surface area contributed by atoms with Crippen LogP contribution in [0.4, 0.5) is 0 Å². The Labute approximate surface area is 95.0 Å². The highest BCUT2D eigenvalue weighted by atomic mass is 16.2. The van der Waals surface area contributed by atoms with Crippen LogP contribution in [-0.2, 0) is 4.79 Å². The van der Waals surface area contributed by atoms with Crippen molar-refractivity contribution in [3.8, 4) is 0 Å². The van der Waals surface area contributed by atoms with Gasteiger partial charge in [-0.2, -0.15) is 0 Å². The molecule has 0 spiro atoms. The molecule has 0 aromatic heterocycles. The molecule has 2 amide bonds. The van der Waals surface area contributed by atoms with Gasteiger partial charge in [-0.25, -0.2) is 0 Å². The maximum absolute atomic E-state index is 11.8. The molecule has 1 rings (SSSR count). The van der Waals surface area contributed by atoms with Crippen LogP contribution in [0.25, 0.3) is 0 Å². The fourth-order valence-electron chi connectivity index (χ4n) is 1.31. The Bertz CT molecular complexity index is 385. The van der Waals surface area contributed by atoms with Crippen molar-refractivity contribution in [2.75, 3.05) is 7.05 Å². The van der Waals surface area contributed by atoms with Crippen molar-refractivity contribution in [1.29, 1.82) is 0 Å². The molecule has 0 saturated heterocycles. The number of amides is 2. The SMILES string of the molecule is CNC(=O)C(C)(C)NC(=O)c1ccccc1. The Morgan fingerprint density at radius 2 is 1.69 bits per heavy atom. The molecule has 1 aromatic rings. The highest BCUT2D eigenvalue weighted by Crippen LogP contribution is 2.05. The van der Waals surface area contributed by atoms with Crippen LogP contribution >= 0.6 is 0 Å². The molecule has 2 N–H and O–H groups in total. The molecular formula is C12H16N2O2. The zero-order chi connectivity index (χ0) is 12.2. The van der Waals surface area contributed by atoms with Gasteiger partial charge in [-0.3, -0.25) is 9.59 Å². The number of carbonyl (C=O) groups excluding carboxylic acids is 2. The topological polar surface area (TPSA) is 58.2 Å². The Morgan fingerprint density at radius 1 is 1.12 bits per heavy atom. The van der Waals surface area contributed by atoms with E-state index in [0.29, 0.717) is 5.56 Å². The summed E-state index contributed by atoms with van der Waals surface area (Å²) in [4.78, 5) is 23.3. The second kappa shape index (κ2) is 4.79. The minimum absolute atomic E-state index is 0.225. The molecule has 0 atom stereocenters. The van der Waals surface area contributed by atoms with E-state index >= 15 is 0 Å². The Kier molecular flexibility index (Phi) is 3.66. The number of hydrogen-bond donors (Lipinski definition) is 2. The summed E-state index contributed by atoms with van der Waals surface area (Å²) in [6, 6.07) is 8.80. The summed E-state index contributed by atoms with van der Waals surface area (Å²) in [5.74, 6) is -0.481. The minimum Gasteiger partial charge on any atom is -0.357 e. The first-order chi connectivity index (χ1) is 7.47. The Hall–Kier alpha value is -1.84. The van der Waals surface area contributed by atoms with Crippen molar-refractivity contribution in [2.45, 2.75) is 19.4 Å². The van der Waals surface area contributed by atoms with Crippen molar-refractivity contribution < 1.29 is 9.59 Å². The van der Waals surface area contributed by atoms with Gasteiger partial charge in [0.2, 0.25) is 5.91 Å². The van der Waals surface area contributed by atoms with Crippen LogP contribution in [-0.4, -0.2) is 24.4 Å². The molecule has 1 aromatic carbocycles. The van der Waals surface area contributed by atoms with Crippen LogP contribution in [0.2, 0.25) is 0 Å². The van der Waals surface area contributed by atoms with Gasteiger partial charge in [0.05, 0.1) is 0 Å². The summed E-state index contributed by atoms with van der Waals surface area (Å²) in [7, 11) is 1.54. The van der Waals surface area contributed by atoms with Gasteiger partial charge < -0.3 is 10.6 Å². The predicted octanol–water partition coefficient (Wildman–Crippen LogP) is 0.941. The quantitative estimate of drug-likeness (QED) is 0.796. The van der Waals surface area contributed by atoms with Crippen molar-refractivity contribution in [3.05, 3.63) is 35.9 Å². The maximum Gasteiger partial charge on any atom is 0.252 e. The minimum atomic E-state index is -0.915. The maximum atomic E-state index is 11.8. The second-order valence-corrected chi connectivity index (χ2v) is 4.02. The number of likely N-dealkylation sites (N-methyl/N-ethyl adjacent to an activating group) is 1. The lowest BCUT2D eigenvalue weighted by Crippen LogP contribution is -2.53. The van der Waals surface area contributed by atoms with E-state index in [2.05, 4.69) is 10.6 Å². The van der Waals surface area contributed by atoms with Gasteiger partial charge in [-0.15, -0.1) is 0 Å². The first-order valence-electron chi connectivity index (χ1n) is 5.07. The van der Waals surface area contributed by atoms with Crippen molar-refractivity contribution in [2.24, 2.45) is 0 Å². The van der Waals surface area contributed by atoms with Crippen LogP contribution in [0.1, 0.15) is 24.2 Å². The van der Waals surface area contributed by atoms with Gasteiger partial charge in [-0.05, 0) is 26.0 Å². The van der Waals surface area contributed by atoms with E-state index < -0.39 is 5.54 Å². The van der Waals surface area contributed by atoms with Gasteiger partial charge >= 0.3 is 0 Å². The summed E-state index contributed by atoms with van der Waals surface area (Å²) >= 11 is 0. The summed E-state index contributed by atoms with van der Waals surface area (Å²) < 4.78 is 0. The van der Waals surface area contributed by atoms with Crippen LogP contribution in [0, 0.1) is 0 Å². The van der Waals surface area contributed by atoms with E-state index in [-0.39, 0.29) is 11.8 Å². The zero-order valence-corrected chi connectivity index (χ0v) is 9.70. The van der Waals surface area contributed by atoms with Gasteiger partial charge in [0.15, 0.2) is 0 Å². The lowest BCUT2D eigenvalue weighted by Gasteiger charge is -2.24. The van der Waals surface area contributed by atoms with E-state index in [4.69, 9.17) is 0 Å². The number of benzene rings is 1. The second-order valence-electron chi connectivity index (χ2n) is 4.02. The first-order valence-corrected chi connectivity index (χ1v) is 5.07. The van der Waals surface area contributed by atoms with Gasteiger partial charge in [0, 0.05) is 12.6 Å². The third-order valence-corrected chi connectivity index (χ3v) is 2.26. The molecule has 0 aliphatic rings. The lowest BCUT2D eigenvalue weighted by molar-refractivity contribution is -0.125. The largest absolute Gasteiger partial charge is 0.357 e. The summed E-state index contributed by atoms with van der Waals surface area (Å²) in [5, 5.41) is 5.18. The van der Waals surface area contributed by atoms with Crippen LogP contribution in [0.15, 0.2) is 30.3 Å². The third-order valence-electron chi connectivity index (χ3n) is 2.26. The average Bonchev–Trinajstić information content (AvgIpc) is 2.28. The number of rotatable bonds is 3. The summed E-state index contributed by atoms with van der Waals surface area (Å²) in [6.45, 7) is 3.32. The van der Waals surface area contributed by atoms with Crippen molar-refractivity contribution >= 4 is 11.8 Å². The normalized spacial score (nSPS) is 10.7. The van der Waals surface area contributed by atoms with E-state index in [1.807, 2.05) is 6.07 Å². The molecule has 0 heterocycles. The van der Waals surface area contributed by atoms with Gasteiger partial charge in [0.1, 0.15) is 5.54 Å². The zero-order valence-electron chi connectivity index (χ0n) is 9.70. The lowest BCUT2D eigenvalue weighted by atomic mass is 10.0.